The third-order valence-corrected chi connectivity index (χ3v) is 3.87. The van der Waals surface area contributed by atoms with Crippen LogP contribution in [0.3, 0.4) is 0 Å². The number of carbonyl (C=O) groups excluding carboxylic acids is 1. The second kappa shape index (κ2) is 8.08. The topological polar surface area (TPSA) is 108 Å². The minimum Gasteiger partial charge on any atom is -0.359 e. The van der Waals surface area contributed by atoms with E-state index in [0.717, 1.165) is 10.0 Å². The number of para-hydroxylation sites is 2. The molecule has 0 heterocycles. The highest BCUT2D eigenvalue weighted by Gasteiger charge is 2.17. The van der Waals surface area contributed by atoms with Crippen molar-refractivity contribution >= 4 is 38.9 Å². The van der Waals surface area contributed by atoms with Gasteiger partial charge in [-0.3, -0.25) is 14.9 Å². The third-order valence-electron chi connectivity index (χ3n) is 3.21. The number of halogens is 1. The molecule has 0 saturated heterocycles. The zero-order valence-corrected chi connectivity index (χ0v) is 14.7. The van der Waals surface area contributed by atoms with E-state index in [1.165, 1.54) is 24.4 Å². The first-order chi connectivity index (χ1) is 11.9. The van der Waals surface area contributed by atoms with E-state index in [-0.39, 0.29) is 16.9 Å². The molecule has 0 saturated carbocycles. The van der Waals surface area contributed by atoms with E-state index >= 15 is 0 Å². The molecule has 0 aliphatic heterocycles. The second-order valence-electron chi connectivity index (χ2n) is 5.03. The smallest absolute Gasteiger partial charge is 0.292 e. The predicted molar refractivity (Wildman–Crippen MR) is 97.9 cm³/mol. The summed E-state index contributed by atoms with van der Waals surface area (Å²) in [6.07, 6.45) is 1.25. The Morgan fingerprint density at radius 3 is 2.64 bits per heavy atom. The molecule has 0 aliphatic carbocycles. The Balaban J connectivity index is 2.19. The maximum atomic E-state index is 12.2. The Hall–Kier alpha value is -3.18. The van der Waals surface area contributed by atoms with Crippen molar-refractivity contribution in [2.24, 2.45) is 0 Å². The first-order valence-electron chi connectivity index (χ1n) is 7.10. The van der Waals surface area contributed by atoms with Gasteiger partial charge in [-0.05, 0) is 46.6 Å². The van der Waals surface area contributed by atoms with Crippen LogP contribution < -0.4 is 10.6 Å². The number of anilines is 2. The lowest BCUT2D eigenvalue weighted by molar-refractivity contribution is -0.383. The van der Waals surface area contributed by atoms with Crippen LogP contribution in [0.4, 0.5) is 17.1 Å². The maximum absolute atomic E-state index is 12.2. The van der Waals surface area contributed by atoms with Gasteiger partial charge < -0.3 is 10.6 Å². The van der Waals surface area contributed by atoms with Gasteiger partial charge >= 0.3 is 0 Å². The summed E-state index contributed by atoms with van der Waals surface area (Å²) >= 11 is 3.39. The van der Waals surface area contributed by atoms with Gasteiger partial charge in [0, 0.05) is 16.7 Å². The van der Waals surface area contributed by atoms with Crippen molar-refractivity contribution in [3.63, 3.8) is 0 Å². The van der Waals surface area contributed by atoms with Crippen LogP contribution in [0.2, 0.25) is 0 Å². The molecule has 2 aromatic rings. The van der Waals surface area contributed by atoms with Crippen LogP contribution >= 0.6 is 15.9 Å². The van der Waals surface area contributed by atoms with E-state index in [0.29, 0.717) is 5.69 Å². The van der Waals surface area contributed by atoms with E-state index in [9.17, 15) is 20.2 Å². The summed E-state index contributed by atoms with van der Waals surface area (Å²) in [6, 6.07) is 13.0. The molecule has 0 unspecified atom stereocenters. The number of hydrogen-bond donors (Lipinski definition) is 2. The van der Waals surface area contributed by atoms with Gasteiger partial charge in [0.15, 0.2) is 0 Å². The van der Waals surface area contributed by atoms with Crippen LogP contribution in [0.1, 0.15) is 5.56 Å². The Morgan fingerprint density at radius 2 is 2.00 bits per heavy atom. The number of benzene rings is 2. The number of nitro groups is 1. The molecule has 2 aromatic carbocycles. The fraction of sp³-hybridized carbons (Fsp3) is 0.0588. The first kappa shape index (κ1) is 18.2. The lowest BCUT2D eigenvalue weighted by Gasteiger charge is -2.07. The normalized spacial score (nSPS) is 10.7. The molecule has 126 valence electrons. The number of nitro benzene ring substituents is 1. The molecule has 1 amide bonds. The second-order valence-corrected chi connectivity index (χ2v) is 5.88. The average Bonchev–Trinajstić information content (AvgIpc) is 2.57. The average molecular weight is 401 g/mol. The highest BCUT2D eigenvalue weighted by molar-refractivity contribution is 9.10. The van der Waals surface area contributed by atoms with Crippen molar-refractivity contribution < 1.29 is 9.72 Å². The monoisotopic (exact) mass is 400 g/mol. The van der Waals surface area contributed by atoms with E-state index in [4.69, 9.17) is 0 Å². The number of amides is 1. The van der Waals surface area contributed by atoms with Gasteiger partial charge in [-0.1, -0.05) is 18.2 Å². The molecule has 2 rings (SSSR count). The van der Waals surface area contributed by atoms with Gasteiger partial charge in [-0.15, -0.1) is 0 Å². The molecule has 2 N–H and O–H groups in total. The summed E-state index contributed by atoms with van der Waals surface area (Å²) in [4.78, 5) is 22.6. The maximum Gasteiger partial charge on any atom is 0.292 e. The summed E-state index contributed by atoms with van der Waals surface area (Å²) in [5.74, 6) is -0.743. The Labute approximate surface area is 152 Å². The molecule has 25 heavy (non-hydrogen) atoms. The largest absolute Gasteiger partial charge is 0.359 e. The van der Waals surface area contributed by atoms with Crippen molar-refractivity contribution in [3.8, 4) is 6.07 Å². The van der Waals surface area contributed by atoms with Crippen LogP contribution in [-0.4, -0.2) is 10.8 Å². The number of hydrogen-bond acceptors (Lipinski definition) is 5. The lowest BCUT2D eigenvalue weighted by Crippen LogP contribution is -2.15. The van der Waals surface area contributed by atoms with Crippen molar-refractivity contribution in [2.75, 3.05) is 10.6 Å². The van der Waals surface area contributed by atoms with Crippen LogP contribution in [0.5, 0.6) is 0 Å². The molecule has 0 bridgehead atoms. The Bertz CT molecular complexity index is 903. The molecule has 0 aliphatic rings. The van der Waals surface area contributed by atoms with Crippen molar-refractivity contribution in [1.82, 2.24) is 0 Å². The molecule has 0 spiro atoms. The van der Waals surface area contributed by atoms with E-state index in [2.05, 4.69) is 26.6 Å². The van der Waals surface area contributed by atoms with Crippen LogP contribution in [0, 0.1) is 28.4 Å². The first-order valence-corrected chi connectivity index (χ1v) is 7.89. The third kappa shape index (κ3) is 4.65. The summed E-state index contributed by atoms with van der Waals surface area (Å²) in [5.41, 5.74) is 1.29. The number of nitrogens with one attached hydrogen (secondary N) is 2. The summed E-state index contributed by atoms with van der Waals surface area (Å²) in [6.45, 7) is 1.94. The zero-order chi connectivity index (χ0) is 18.4. The quantitative estimate of drug-likeness (QED) is 0.339. The number of nitriles is 1. The Kier molecular flexibility index (Phi) is 5.87. The van der Waals surface area contributed by atoms with Crippen LogP contribution in [-0.2, 0) is 4.79 Å². The molecule has 0 fully saturated rings. The van der Waals surface area contributed by atoms with E-state index in [1.807, 2.05) is 19.1 Å². The predicted octanol–water partition coefficient (Wildman–Crippen LogP) is 4.12. The Morgan fingerprint density at radius 1 is 1.28 bits per heavy atom. The number of aryl methyl sites for hydroxylation is 1. The lowest BCUT2D eigenvalue weighted by atomic mass is 10.2. The van der Waals surface area contributed by atoms with Crippen molar-refractivity contribution in [2.45, 2.75) is 6.92 Å². The summed E-state index contributed by atoms with van der Waals surface area (Å²) in [7, 11) is 0. The van der Waals surface area contributed by atoms with E-state index < -0.39 is 10.8 Å². The number of rotatable bonds is 5. The van der Waals surface area contributed by atoms with Gasteiger partial charge in [0.2, 0.25) is 0 Å². The molecule has 7 nitrogen and oxygen atoms in total. The molecule has 8 heteroatoms. The standard InChI is InChI=1S/C17H13BrN4O3/c1-11-6-7-14(13(18)8-11)20-10-12(9-19)17(23)21-15-4-2-3-5-16(15)22(24)25/h2-8,10,20H,1H3,(H,21,23)/b12-10-. The molecule has 0 aromatic heterocycles. The fourth-order valence-electron chi connectivity index (χ4n) is 1.96. The van der Waals surface area contributed by atoms with E-state index in [1.54, 1.807) is 18.2 Å². The van der Waals surface area contributed by atoms with Crippen molar-refractivity contribution in [1.29, 1.82) is 5.26 Å². The van der Waals surface area contributed by atoms with Crippen molar-refractivity contribution in [3.05, 3.63) is 74.4 Å². The molecule has 0 atom stereocenters. The van der Waals surface area contributed by atoms with Gasteiger partial charge in [-0.25, -0.2) is 0 Å². The highest BCUT2D eigenvalue weighted by atomic mass is 79.9. The molecular formula is C17H13BrN4O3. The van der Waals surface area contributed by atoms with Crippen LogP contribution in [0.25, 0.3) is 0 Å². The number of carbonyl (C=O) groups is 1. The molecular weight excluding hydrogens is 388 g/mol. The highest BCUT2D eigenvalue weighted by Crippen LogP contribution is 2.25. The summed E-state index contributed by atoms with van der Waals surface area (Å²) in [5, 5.41) is 25.4. The van der Waals surface area contributed by atoms with Crippen LogP contribution in [0.15, 0.2) is 58.7 Å². The summed E-state index contributed by atoms with van der Waals surface area (Å²) < 4.78 is 0.778. The SMILES string of the molecule is Cc1ccc(N/C=C(/C#N)C(=O)Nc2ccccc2[N+](=O)[O-])c(Br)c1. The minimum atomic E-state index is -0.743. The van der Waals surface area contributed by atoms with Gasteiger partial charge in [0.25, 0.3) is 11.6 Å². The molecule has 0 radical (unpaired) electrons. The fourth-order valence-corrected chi connectivity index (χ4v) is 2.57. The minimum absolute atomic E-state index is 0.0233. The number of nitrogens with zero attached hydrogens (tertiary/aromatic N) is 2. The van der Waals surface area contributed by atoms with Gasteiger partial charge in [0.05, 0.1) is 10.6 Å². The zero-order valence-electron chi connectivity index (χ0n) is 13.1. The van der Waals surface area contributed by atoms with Gasteiger partial charge in [-0.2, -0.15) is 5.26 Å². The van der Waals surface area contributed by atoms with Gasteiger partial charge in [0.1, 0.15) is 17.3 Å².